The summed E-state index contributed by atoms with van der Waals surface area (Å²) >= 11 is 0. The van der Waals surface area contributed by atoms with Gasteiger partial charge in [0.15, 0.2) is 0 Å². The van der Waals surface area contributed by atoms with E-state index >= 15 is 0 Å². The average molecular weight is 266 g/mol. The highest BCUT2D eigenvalue weighted by Crippen LogP contribution is 2.65. The van der Waals surface area contributed by atoms with Crippen molar-refractivity contribution in [1.82, 2.24) is 10.2 Å². The molecule has 4 nitrogen and oxygen atoms in total. The van der Waals surface area contributed by atoms with Crippen molar-refractivity contribution in [3.63, 3.8) is 0 Å². The van der Waals surface area contributed by atoms with Crippen LogP contribution in [0.25, 0.3) is 0 Å². The summed E-state index contributed by atoms with van der Waals surface area (Å²) in [5.41, 5.74) is 0.463. The number of nitrogens with one attached hydrogen (secondary N) is 1. The maximum absolute atomic E-state index is 12.0. The second-order valence-electron chi connectivity index (χ2n) is 7.20. The fourth-order valence-electron chi connectivity index (χ4n) is 3.96. The van der Waals surface area contributed by atoms with Crippen LogP contribution in [-0.4, -0.2) is 36.9 Å². The summed E-state index contributed by atoms with van der Waals surface area (Å²) in [7, 11) is 3.36. The molecule has 0 aliphatic heterocycles. The fraction of sp³-hybridized carbons (Fsp3) is 0.867. The van der Waals surface area contributed by atoms with Gasteiger partial charge >= 0.3 is 0 Å². The van der Waals surface area contributed by atoms with Gasteiger partial charge in [0, 0.05) is 20.1 Å². The molecular weight excluding hydrogens is 240 g/mol. The molecule has 3 atom stereocenters. The Labute approximate surface area is 115 Å². The SMILES string of the molecule is CN(C)C(=O)CC(=O)NC1CC2CCC1(C)C2(C)C. The van der Waals surface area contributed by atoms with E-state index in [1.807, 2.05) is 0 Å². The Balaban J connectivity index is 1.99. The lowest BCUT2D eigenvalue weighted by Crippen LogP contribution is -2.47. The van der Waals surface area contributed by atoms with Gasteiger partial charge in [0.1, 0.15) is 6.42 Å². The van der Waals surface area contributed by atoms with Crippen molar-refractivity contribution in [1.29, 1.82) is 0 Å². The van der Waals surface area contributed by atoms with E-state index in [0.29, 0.717) is 5.92 Å². The monoisotopic (exact) mass is 266 g/mol. The lowest BCUT2D eigenvalue weighted by Gasteiger charge is -2.39. The second kappa shape index (κ2) is 4.50. The molecule has 2 aliphatic rings. The van der Waals surface area contributed by atoms with Gasteiger partial charge in [0.2, 0.25) is 11.8 Å². The Morgan fingerprint density at radius 3 is 2.32 bits per heavy atom. The molecule has 0 aromatic heterocycles. The zero-order valence-electron chi connectivity index (χ0n) is 12.7. The van der Waals surface area contributed by atoms with Gasteiger partial charge in [0.25, 0.3) is 0 Å². The molecule has 0 spiro atoms. The molecule has 2 fully saturated rings. The molecule has 2 bridgehead atoms. The molecule has 0 aromatic carbocycles. The quantitative estimate of drug-likeness (QED) is 0.792. The van der Waals surface area contributed by atoms with E-state index < -0.39 is 0 Å². The molecule has 4 heteroatoms. The summed E-state index contributed by atoms with van der Waals surface area (Å²) < 4.78 is 0. The Hall–Kier alpha value is -1.06. The highest BCUT2D eigenvalue weighted by Gasteiger charge is 2.61. The molecule has 0 aromatic rings. The van der Waals surface area contributed by atoms with Crippen LogP contribution in [0.2, 0.25) is 0 Å². The minimum absolute atomic E-state index is 0.0370. The van der Waals surface area contributed by atoms with E-state index in [-0.39, 0.29) is 35.1 Å². The van der Waals surface area contributed by atoms with Crippen LogP contribution in [0.5, 0.6) is 0 Å². The minimum atomic E-state index is -0.134. The summed E-state index contributed by atoms with van der Waals surface area (Å²) in [6.07, 6.45) is 3.47. The highest BCUT2D eigenvalue weighted by molar-refractivity contribution is 5.96. The fourth-order valence-corrected chi connectivity index (χ4v) is 3.96. The normalized spacial score (nSPS) is 35.2. The van der Waals surface area contributed by atoms with Crippen molar-refractivity contribution >= 4 is 11.8 Å². The third kappa shape index (κ3) is 2.15. The van der Waals surface area contributed by atoms with Gasteiger partial charge in [-0.1, -0.05) is 20.8 Å². The first kappa shape index (κ1) is 14.4. The molecular formula is C15H26N2O2. The lowest BCUT2D eigenvalue weighted by atomic mass is 9.69. The maximum Gasteiger partial charge on any atom is 0.231 e. The lowest BCUT2D eigenvalue weighted by molar-refractivity contribution is -0.134. The molecule has 3 unspecified atom stereocenters. The Morgan fingerprint density at radius 1 is 1.26 bits per heavy atom. The molecule has 0 heterocycles. The zero-order valence-corrected chi connectivity index (χ0v) is 12.7. The average Bonchev–Trinajstić information content (AvgIpc) is 2.61. The van der Waals surface area contributed by atoms with Gasteiger partial charge in [-0.05, 0) is 36.0 Å². The van der Waals surface area contributed by atoms with E-state index in [4.69, 9.17) is 0 Å². The van der Waals surface area contributed by atoms with Crippen LogP contribution in [0.4, 0.5) is 0 Å². The molecule has 1 N–H and O–H groups in total. The number of hydrogen-bond acceptors (Lipinski definition) is 2. The van der Waals surface area contributed by atoms with Crippen molar-refractivity contribution < 1.29 is 9.59 Å². The molecule has 2 amide bonds. The third-order valence-electron chi connectivity index (χ3n) is 5.94. The number of fused-ring (bicyclic) bond motifs is 2. The van der Waals surface area contributed by atoms with Gasteiger partial charge in [0.05, 0.1) is 0 Å². The van der Waals surface area contributed by atoms with E-state index in [9.17, 15) is 9.59 Å². The Bertz CT molecular complexity index is 403. The summed E-state index contributed by atoms with van der Waals surface area (Å²) in [5, 5.41) is 3.11. The first-order chi connectivity index (χ1) is 8.68. The number of hydrogen-bond donors (Lipinski definition) is 1. The Morgan fingerprint density at radius 2 is 1.89 bits per heavy atom. The van der Waals surface area contributed by atoms with Crippen molar-refractivity contribution in [3.8, 4) is 0 Å². The smallest absolute Gasteiger partial charge is 0.231 e. The van der Waals surface area contributed by atoms with E-state index in [1.165, 1.54) is 17.7 Å². The van der Waals surface area contributed by atoms with E-state index in [0.717, 1.165) is 6.42 Å². The minimum Gasteiger partial charge on any atom is -0.352 e. The molecule has 0 radical (unpaired) electrons. The van der Waals surface area contributed by atoms with E-state index in [1.54, 1.807) is 14.1 Å². The first-order valence-corrected chi connectivity index (χ1v) is 7.18. The number of carbonyl (C=O) groups excluding carboxylic acids is 2. The molecule has 2 aliphatic carbocycles. The highest BCUT2D eigenvalue weighted by atomic mass is 16.2. The van der Waals surface area contributed by atoms with Gasteiger partial charge in [-0.15, -0.1) is 0 Å². The van der Waals surface area contributed by atoms with Crippen LogP contribution in [-0.2, 0) is 9.59 Å². The Kier molecular flexibility index (Phi) is 3.40. The van der Waals surface area contributed by atoms with Crippen molar-refractivity contribution in [2.24, 2.45) is 16.7 Å². The van der Waals surface area contributed by atoms with Crippen LogP contribution >= 0.6 is 0 Å². The molecule has 2 rings (SSSR count). The summed E-state index contributed by atoms with van der Waals surface area (Å²) in [5.74, 6) is 0.436. The first-order valence-electron chi connectivity index (χ1n) is 7.18. The van der Waals surface area contributed by atoms with Crippen LogP contribution in [0, 0.1) is 16.7 Å². The topological polar surface area (TPSA) is 49.4 Å². The summed E-state index contributed by atoms with van der Waals surface area (Å²) in [6.45, 7) is 6.93. The number of rotatable bonds is 3. The zero-order chi connectivity index (χ0) is 14.4. The van der Waals surface area contributed by atoms with Gasteiger partial charge in [-0.25, -0.2) is 0 Å². The van der Waals surface area contributed by atoms with Crippen LogP contribution in [0.15, 0.2) is 0 Å². The number of carbonyl (C=O) groups is 2. The van der Waals surface area contributed by atoms with Gasteiger partial charge < -0.3 is 10.2 Å². The third-order valence-corrected chi connectivity index (χ3v) is 5.94. The van der Waals surface area contributed by atoms with Gasteiger partial charge in [-0.2, -0.15) is 0 Å². The van der Waals surface area contributed by atoms with Gasteiger partial charge in [-0.3, -0.25) is 9.59 Å². The summed E-state index contributed by atoms with van der Waals surface area (Å²) in [4.78, 5) is 25.0. The van der Waals surface area contributed by atoms with Crippen LogP contribution in [0.1, 0.15) is 46.5 Å². The maximum atomic E-state index is 12.0. The van der Waals surface area contributed by atoms with Crippen molar-refractivity contribution in [2.45, 2.75) is 52.5 Å². The molecule has 2 saturated carbocycles. The number of nitrogens with zero attached hydrogens (tertiary/aromatic N) is 1. The predicted molar refractivity (Wildman–Crippen MR) is 74.5 cm³/mol. The predicted octanol–water partition coefficient (Wildman–Crippen LogP) is 1.80. The molecule has 19 heavy (non-hydrogen) atoms. The van der Waals surface area contributed by atoms with Crippen LogP contribution < -0.4 is 5.32 Å². The molecule has 108 valence electrons. The van der Waals surface area contributed by atoms with Crippen molar-refractivity contribution in [2.75, 3.05) is 14.1 Å². The standard InChI is InChI=1S/C15H26N2O2/c1-14(2)10-6-7-15(14,3)11(8-10)16-12(18)9-13(19)17(4)5/h10-11H,6-9H2,1-5H3,(H,16,18). The largest absolute Gasteiger partial charge is 0.352 e. The second-order valence-corrected chi connectivity index (χ2v) is 7.20. The van der Waals surface area contributed by atoms with Crippen molar-refractivity contribution in [3.05, 3.63) is 0 Å². The number of amides is 2. The summed E-state index contributed by atoms with van der Waals surface area (Å²) in [6, 6.07) is 0.226. The molecule has 0 saturated heterocycles. The van der Waals surface area contributed by atoms with E-state index in [2.05, 4.69) is 26.1 Å². The van der Waals surface area contributed by atoms with Crippen LogP contribution in [0.3, 0.4) is 0 Å².